The zero-order valence-corrected chi connectivity index (χ0v) is 19.6. The van der Waals surface area contributed by atoms with E-state index in [4.69, 9.17) is 0 Å². The third-order valence-electron chi connectivity index (χ3n) is 6.24. The molecule has 0 fully saturated rings. The summed E-state index contributed by atoms with van der Waals surface area (Å²) in [6, 6.07) is 6.10. The summed E-state index contributed by atoms with van der Waals surface area (Å²) in [5.74, 6) is 0. The molecule has 0 N–H and O–H groups in total. The van der Waals surface area contributed by atoms with Crippen molar-refractivity contribution in [1.82, 2.24) is 58.6 Å². The molecule has 0 saturated carbocycles. The van der Waals surface area contributed by atoms with Crippen LogP contribution in [0.3, 0.4) is 0 Å². The number of hydrogen-bond acceptors (Lipinski definition) is 9. The lowest BCUT2D eigenvalue weighted by Gasteiger charge is -2.11. The number of benzene rings is 1. The van der Waals surface area contributed by atoms with Gasteiger partial charge in [-0.15, -0.1) is 0 Å². The van der Waals surface area contributed by atoms with Crippen LogP contribution in [0.25, 0.3) is 67.3 Å². The fraction of sp³-hybridized carbons (Fsp3) is 0.125. The van der Waals surface area contributed by atoms with Crippen molar-refractivity contribution in [3.8, 4) is 33.8 Å². The van der Waals surface area contributed by atoms with E-state index >= 15 is 0 Å². The van der Waals surface area contributed by atoms with Crippen molar-refractivity contribution >= 4 is 33.5 Å². The van der Waals surface area contributed by atoms with E-state index in [1.165, 1.54) is 0 Å². The van der Waals surface area contributed by atoms with Gasteiger partial charge in [0.05, 0.1) is 19.0 Å². The van der Waals surface area contributed by atoms with Gasteiger partial charge in [0.2, 0.25) is 0 Å². The van der Waals surface area contributed by atoms with Crippen LogP contribution in [0, 0.1) is 0 Å². The fourth-order valence-corrected chi connectivity index (χ4v) is 4.51. The summed E-state index contributed by atoms with van der Waals surface area (Å²) in [6.45, 7) is 0. The van der Waals surface area contributed by atoms with E-state index in [1.807, 2.05) is 53.0 Å². The second kappa shape index (κ2) is 7.43. The molecule has 0 aliphatic carbocycles. The van der Waals surface area contributed by atoms with Crippen molar-refractivity contribution in [1.29, 1.82) is 0 Å². The van der Waals surface area contributed by atoms with E-state index in [9.17, 15) is 0 Å². The molecular weight excluding hydrogens is 456 g/mol. The Bertz CT molecular complexity index is 1710. The Morgan fingerprint density at radius 1 is 0.417 bits per heavy atom. The van der Waals surface area contributed by atoms with E-state index in [0.717, 1.165) is 33.6 Å². The molecule has 0 bridgehead atoms. The van der Waals surface area contributed by atoms with E-state index in [1.54, 1.807) is 38.0 Å². The molecule has 7 aromatic rings. The van der Waals surface area contributed by atoms with Crippen molar-refractivity contribution in [3.63, 3.8) is 0 Å². The van der Waals surface area contributed by atoms with Gasteiger partial charge in [-0.3, -0.25) is 0 Å². The van der Waals surface area contributed by atoms with Gasteiger partial charge in [0, 0.05) is 37.8 Å². The zero-order valence-electron chi connectivity index (χ0n) is 19.6. The van der Waals surface area contributed by atoms with Gasteiger partial charge in [-0.05, 0) is 18.2 Å². The predicted molar refractivity (Wildman–Crippen MR) is 132 cm³/mol. The third-order valence-corrected chi connectivity index (χ3v) is 6.24. The maximum Gasteiger partial charge on any atom is 0.163 e. The van der Waals surface area contributed by atoms with Crippen LogP contribution in [0.15, 0.2) is 56.2 Å². The van der Waals surface area contributed by atoms with Gasteiger partial charge in [0.15, 0.2) is 16.9 Å². The zero-order chi connectivity index (χ0) is 24.4. The molecule has 0 atom stereocenters. The lowest BCUT2D eigenvalue weighted by molar-refractivity contribution is 0.928. The topological polar surface area (TPSA) is 131 Å². The molecular formula is C24H18N12. The van der Waals surface area contributed by atoms with Gasteiger partial charge in [-0.1, -0.05) is 0 Å². The highest BCUT2D eigenvalue weighted by atomic mass is 15.1. The van der Waals surface area contributed by atoms with Crippen LogP contribution >= 0.6 is 0 Å². The van der Waals surface area contributed by atoms with Crippen LogP contribution in [0.1, 0.15) is 0 Å². The lowest BCUT2D eigenvalue weighted by Crippen LogP contribution is -1.96. The molecule has 0 aliphatic rings. The normalized spacial score (nSPS) is 11.8. The highest BCUT2D eigenvalue weighted by Crippen LogP contribution is 2.35. The van der Waals surface area contributed by atoms with Gasteiger partial charge in [-0.25, -0.2) is 44.9 Å². The van der Waals surface area contributed by atoms with Crippen LogP contribution in [0.4, 0.5) is 0 Å². The highest BCUT2D eigenvalue weighted by Gasteiger charge is 2.19. The van der Waals surface area contributed by atoms with Gasteiger partial charge in [-0.2, -0.15) is 0 Å². The summed E-state index contributed by atoms with van der Waals surface area (Å²) < 4.78 is 5.61. The van der Waals surface area contributed by atoms with Crippen molar-refractivity contribution in [2.45, 2.75) is 0 Å². The summed E-state index contributed by atoms with van der Waals surface area (Å²) in [4.78, 5) is 40.7. The quantitative estimate of drug-likeness (QED) is 0.379. The molecule has 0 spiro atoms. The number of fused-ring (bicyclic) bond motifs is 3. The van der Waals surface area contributed by atoms with Crippen molar-refractivity contribution < 1.29 is 0 Å². The van der Waals surface area contributed by atoms with Crippen LogP contribution in [0.5, 0.6) is 0 Å². The molecule has 0 unspecified atom stereocenters. The van der Waals surface area contributed by atoms with Gasteiger partial charge in [0.1, 0.15) is 52.6 Å². The smallest absolute Gasteiger partial charge is 0.163 e. The number of rotatable bonds is 3. The molecule has 12 heteroatoms. The fourth-order valence-electron chi connectivity index (χ4n) is 4.51. The Morgan fingerprint density at radius 2 is 0.722 bits per heavy atom. The summed E-state index contributed by atoms with van der Waals surface area (Å²) in [5, 5.41) is 0. The average molecular weight is 474 g/mol. The van der Waals surface area contributed by atoms with E-state index < -0.39 is 0 Å². The Hall–Kier alpha value is -5.13. The second-order valence-corrected chi connectivity index (χ2v) is 8.55. The Kier molecular flexibility index (Phi) is 4.18. The summed E-state index contributed by atoms with van der Waals surface area (Å²) in [7, 11) is 5.72. The van der Waals surface area contributed by atoms with Crippen LogP contribution in [0.2, 0.25) is 0 Å². The minimum absolute atomic E-state index is 0.708. The van der Waals surface area contributed by atoms with Gasteiger partial charge >= 0.3 is 0 Å². The van der Waals surface area contributed by atoms with Crippen LogP contribution in [-0.4, -0.2) is 58.6 Å². The predicted octanol–water partition coefficient (Wildman–Crippen LogP) is 2.72. The number of imidazole rings is 3. The first-order chi connectivity index (χ1) is 17.6. The third kappa shape index (κ3) is 2.90. The first-order valence-electron chi connectivity index (χ1n) is 11.1. The van der Waals surface area contributed by atoms with E-state index in [0.29, 0.717) is 33.6 Å². The molecule has 36 heavy (non-hydrogen) atoms. The minimum Gasteiger partial charge on any atom is -0.318 e. The Balaban J connectivity index is 1.55. The van der Waals surface area contributed by atoms with Crippen molar-refractivity contribution in [2.24, 2.45) is 21.1 Å². The van der Waals surface area contributed by atoms with Gasteiger partial charge < -0.3 is 13.7 Å². The van der Waals surface area contributed by atoms with Crippen LogP contribution < -0.4 is 0 Å². The Labute approximate surface area is 203 Å². The first-order valence-corrected chi connectivity index (χ1v) is 11.1. The molecule has 0 aliphatic heterocycles. The van der Waals surface area contributed by atoms with Gasteiger partial charge in [0.25, 0.3) is 0 Å². The molecule has 6 heterocycles. The summed E-state index contributed by atoms with van der Waals surface area (Å²) in [6.07, 6.45) is 9.85. The summed E-state index contributed by atoms with van der Waals surface area (Å²) in [5.41, 5.74) is 9.03. The minimum atomic E-state index is 0.708. The monoisotopic (exact) mass is 474 g/mol. The summed E-state index contributed by atoms with van der Waals surface area (Å²) >= 11 is 0. The van der Waals surface area contributed by atoms with E-state index in [2.05, 4.69) is 44.9 Å². The number of aryl methyl sites for hydroxylation is 3. The maximum absolute atomic E-state index is 4.60. The number of hydrogen-bond donors (Lipinski definition) is 0. The molecule has 1 aromatic carbocycles. The van der Waals surface area contributed by atoms with Crippen molar-refractivity contribution in [2.75, 3.05) is 0 Å². The van der Waals surface area contributed by atoms with Crippen molar-refractivity contribution in [3.05, 3.63) is 56.2 Å². The molecule has 0 saturated heterocycles. The lowest BCUT2D eigenvalue weighted by atomic mass is 9.98. The molecule has 7 rings (SSSR count). The first kappa shape index (κ1) is 20.3. The van der Waals surface area contributed by atoms with Crippen LogP contribution in [-0.2, 0) is 21.1 Å². The maximum atomic E-state index is 4.60. The number of aromatic nitrogens is 12. The second-order valence-electron chi connectivity index (χ2n) is 8.55. The highest BCUT2D eigenvalue weighted by molar-refractivity contribution is 5.96. The standard InChI is InChI=1S/C24H18N12/c1-34-10-31-19-16(25-7-28-22(19)34)13-4-14(17-20-23(29-8-26-17)35(2)11-32-20)6-15(5-13)18-21-24(30-9-27-18)36(3)12-33-21/h4-12H,1-3H3. The largest absolute Gasteiger partial charge is 0.318 e. The Morgan fingerprint density at radius 3 is 1.03 bits per heavy atom. The molecule has 174 valence electrons. The number of nitrogens with zero attached hydrogens (tertiary/aromatic N) is 12. The SMILES string of the molecule is Cn1cnc2c(-c3cc(-c4ncnc5c4ncn5C)cc(-c4ncnc5c4ncn5C)c3)ncnc21. The molecule has 0 amide bonds. The van der Waals surface area contributed by atoms with E-state index in [-0.39, 0.29) is 0 Å². The molecule has 12 nitrogen and oxygen atoms in total. The molecule has 0 radical (unpaired) electrons. The molecule has 6 aromatic heterocycles. The average Bonchev–Trinajstić information content (AvgIpc) is 3.61.